The zero-order valence-electron chi connectivity index (χ0n) is 14.4. The van der Waals surface area contributed by atoms with Crippen LogP contribution >= 0.6 is 0 Å². The third-order valence-corrected chi connectivity index (χ3v) is 6.00. The van der Waals surface area contributed by atoms with Gasteiger partial charge in [0.05, 0.1) is 21.9 Å². The van der Waals surface area contributed by atoms with Crippen molar-refractivity contribution in [2.75, 3.05) is 14.1 Å². The molecule has 2 aromatic carbocycles. The lowest BCUT2D eigenvalue weighted by Gasteiger charge is -2.16. The van der Waals surface area contributed by atoms with E-state index in [1.54, 1.807) is 6.07 Å². The lowest BCUT2D eigenvalue weighted by molar-refractivity contribution is -0.385. The summed E-state index contributed by atoms with van der Waals surface area (Å²) in [5, 5.41) is 11.1. The molecule has 0 aliphatic carbocycles. The summed E-state index contributed by atoms with van der Waals surface area (Å²) in [6, 6.07) is 9.72. The Kier molecular flexibility index (Phi) is 4.54. The van der Waals surface area contributed by atoms with Crippen LogP contribution in [0, 0.1) is 10.1 Å². The van der Waals surface area contributed by atoms with Crippen molar-refractivity contribution in [2.45, 2.75) is 11.4 Å². The number of hydrogen-bond acceptors (Lipinski definition) is 6. The van der Waals surface area contributed by atoms with Crippen molar-refractivity contribution < 1.29 is 22.9 Å². The molecular formula is C17H15N3O6S. The van der Waals surface area contributed by atoms with Crippen LogP contribution in [0.1, 0.15) is 26.3 Å². The minimum atomic E-state index is -3.68. The minimum absolute atomic E-state index is 0.0209. The van der Waals surface area contributed by atoms with Gasteiger partial charge >= 0.3 is 0 Å². The van der Waals surface area contributed by atoms with Gasteiger partial charge < -0.3 is 0 Å². The SMILES string of the molecule is CN(C)S(=O)(=O)c1cccc(CN2C(=O)c3cccc([N+](=O)[O-])c3C2=O)c1. The molecule has 0 radical (unpaired) electrons. The van der Waals surface area contributed by atoms with Gasteiger partial charge in [0.15, 0.2) is 0 Å². The topological polar surface area (TPSA) is 118 Å². The van der Waals surface area contributed by atoms with Gasteiger partial charge in [-0.2, -0.15) is 0 Å². The molecule has 9 nitrogen and oxygen atoms in total. The van der Waals surface area contributed by atoms with Crippen LogP contribution in [0.2, 0.25) is 0 Å². The number of carbonyl (C=O) groups excluding carboxylic acids is 2. The predicted octanol–water partition coefficient (Wildman–Crippen LogP) is 1.64. The summed E-state index contributed by atoms with van der Waals surface area (Å²) >= 11 is 0. The Bertz CT molecular complexity index is 1080. The molecule has 0 saturated heterocycles. The van der Waals surface area contributed by atoms with Gasteiger partial charge in [-0.15, -0.1) is 0 Å². The first kappa shape index (κ1) is 18.7. The van der Waals surface area contributed by atoms with Crippen molar-refractivity contribution in [1.29, 1.82) is 0 Å². The fourth-order valence-electron chi connectivity index (χ4n) is 2.81. The Morgan fingerprint density at radius 1 is 1.07 bits per heavy atom. The molecule has 0 atom stereocenters. The van der Waals surface area contributed by atoms with E-state index in [0.29, 0.717) is 5.56 Å². The first-order chi connectivity index (χ1) is 12.6. The van der Waals surface area contributed by atoms with Crippen molar-refractivity contribution in [3.8, 4) is 0 Å². The Labute approximate surface area is 155 Å². The quantitative estimate of drug-likeness (QED) is 0.436. The van der Waals surface area contributed by atoms with E-state index in [-0.39, 0.29) is 22.6 Å². The normalized spacial score (nSPS) is 14.0. The van der Waals surface area contributed by atoms with E-state index in [0.717, 1.165) is 15.3 Å². The Morgan fingerprint density at radius 3 is 2.37 bits per heavy atom. The number of fused-ring (bicyclic) bond motifs is 1. The summed E-state index contributed by atoms with van der Waals surface area (Å²) in [7, 11) is -0.888. The van der Waals surface area contributed by atoms with Crippen molar-refractivity contribution in [3.63, 3.8) is 0 Å². The van der Waals surface area contributed by atoms with E-state index in [4.69, 9.17) is 0 Å². The van der Waals surface area contributed by atoms with Crippen molar-refractivity contribution in [3.05, 3.63) is 69.3 Å². The Balaban J connectivity index is 1.97. The molecule has 0 unspecified atom stereocenters. The minimum Gasteiger partial charge on any atom is -0.270 e. The number of hydrogen-bond donors (Lipinski definition) is 0. The molecule has 0 bridgehead atoms. The molecule has 0 N–H and O–H groups in total. The summed E-state index contributed by atoms with van der Waals surface area (Å²) in [5.41, 5.74) is -0.303. The summed E-state index contributed by atoms with van der Waals surface area (Å²) in [5.74, 6) is -1.43. The number of benzene rings is 2. The van der Waals surface area contributed by atoms with Gasteiger partial charge in [-0.25, -0.2) is 12.7 Å². The summed E-state index contributed by atoms with van der Waals surface area (Å²) in [6.45, 7) is -0.194. The molecule has 0 saturated carbocycles. The fraction of sp³-hybridized carbons (Fsp3) is 0.176. The average Bonchev–Trinajstić information content (AvgIpc) is 2.87. The Morgan fingerprint density at radius 2 is 1.74 bits per heavy atom. The highest BCUT2D eigenvalue weighted by Crippen LogP contribution is 2.31. The maximum absolute atomic E-state index is 12.6. The van der Waals surface area contributed by atoms with Crippen LogP contribution < -0.4 is 0 Å². The van der Waals surface area contributed by atoms with E-state index in [1.807, 2.05) is 0 Å². The van der Waals surface area contributed by atoms with E-state index in [2.05, 4.69) is 0 Å². The van der Waals surface area contributed by atoms with Crippen molar-refractivity contribution >= 4 is 27.5 Å². The standard InChI is InChI=1S/C17H15N3O6S/c1-18(2)27(25,26)12-6-3-5-11(9-12)10-19-16(21)13-7-4-8-14(20(23)24)15(13)17(19)22/h3-9H,10H2,1-2H3. The largest absolute Gasteiger partial charge is 0.282 e. The first-order valence-corrected chi connectivity index (χ1v) is 9.23. The van der Waals surface area contributed by atoms with Crippen molar-refractivity contribution in [2.24, 2.45) is 0 Å². The smallest absolute Gasteiger partial charge is 0.270 e. The number of nitrogens with zero attached hydrogens (tertiary/aromatic N) is 3. The average molecular weight is 389 g/mol. The van der Waals surface area contributed by atoms with Gasteiger partial charge in [-0.1, -0.05) is 18.2 Å². The molecule has 3 rings (SSSR count). The van der Waals surface area contributed by atoms with Crippen LogP contribution in [0.4, 0.5) is 5.69 Å². The van der Waals surface area contributed by atoms with E-state index < -0.39 is 32.4 Å². The van der Waals surface area contributed by atoms with E-state index in [1.165, 1.54) is 44.4 Å². The zero-order valence-corrected chi connectivity index (χ0v) is 15.3. The predicted molar refractivity (Wildman–Crippen MR) is 94.6 cm³/mol. The molecule has 0 spiro atoms. The molecule has 140 valence electrons. The van der Waals surface area contributed by atoms with E-state index >= 15 is 0 Å². The molecule has 27 heavy (non-hydrogen) atoms. The number of carbonyl (C=O) groups is 2. The molecule has 1 aliphatic heterocycles. The van der Waals surface area contributed by atoms with Gasteiger partial charge in [-0.05, 0) is 23.8 Å². The van der Waals surface area contributed by atoms with Gasteiger partial charge in [0.2, 0.25) is 10.0 Å². The highest BCUT2D eigenvalue weighted by atomic mass is 32.2. The summed E-state index contributed by atoms with van der Waals surface area (Å²) < 4.78 is 25.6. The lowest BCUT2D eigenvalue weighted by Crippen LogP contribution is -2.29. The molecule has 2 aromatic rings. The molecule has 10 heteroatoms. The third kappa shape index (κ3) is 3.09. The lowest BCUT2D eigenvalue weighted by atomic mass is 10.1. The van der Waals surface area contributed by atoms with Gasteiger partial charge in [0, 0.05) is 20.2 Å². The van der Waals surface area contributed by atoms with Crippen LogP contribution in [0.3, 0.4) is 0 Å². The van der Waals surface area contributed by atoms with Gasteiger partial charge in [0.25, 0.3) is 17.5 Å². The maximum atomic E-state index is 12.6. The second-order valence-corrected chi connectivity index (χ2v) is 8.24. The molecule has 0 fully saturated rings. The van der Waals surface area contributed by atoms with Crippen LogP contribution in [0.15, 0.2) is 47.4 Å². The van der Waals surface area contributed by atoms with E-state index in [9.17, 15) is 28.1 Å². The number of amides is 2. The highest BCUT2D eigenvalue weighted by Gasteiger charge is 2.40. The highest BCUT2D eigenvalue weighted by molar-refractivity contribution is 7.89. The van der Waals surface area contributed by atoms with Crippen LogP contribution in [-0.2, 0) is 16.6 Å². The number of rotatable bonds is 5. The van der Waals surface area contributed by atoms with Crippen LogP contribution in [0.5, 0.6) is 0 Å². The zero-order chi connectivity index (χ0) is 19.9. The molecule has 1 aliphatic rings. The molecular weight excluding hydrogens is 374 g/mol. The fourth-order valence-corrected chi connectivity index (χ4v) is 3.78. The number of imide groups is 1. The van der Waals surface area contributed by atoms with Gasteiger partial charge in [-0.3, -0.25) is 24.6 Å². The Hall–Kier alpha value is -3.11. The third-order valence-electron chi connectivity index (χ3n) is 4.19. The number of nitro benzene ring substituents is 1. The molecule has 0 aromatic heterocycles. The van der Waals surface area contributed by atoms with Crippen molar-refractivity contribution in [1.82, 2.24) is 9.21 Å². The molecule has 2 amide bonds. The molecule has 1 heterocycles. The monoisotopic (exact) mass is 389 g/mol. The van der Waals surface area contributed by atoms with Gasteiger partial charge in [0.1, 0.15) is 5.56 Å². The number of nitro groups is 1. The maximum Gasteiger partial charge on any atom is 0.282 e. The second-order valence-electron chi connectivity index (χ2n) is 6.09. The second kappa shape index (κ2) is 6.56. The first-order valence-electron chi connectivity index (χ1n) is 7.79. The summed E-state index contributed by atoms with van der Waals surface area (Å²) in [4.78, 5) is 36.5. The number of sulfonamides is 1. The van der Waals surface area contributed by atoms with Crippen LogP contribution in [0.25, 0.3) is 0 Å². The summed E-state index contributed by atoms with van der Waals surface area (Å²) in [6.07, 6.45) is 0. The van der Waals surface area contributed by atoms with Crippen LogP contribution in [-0.4, -0.2) is 48.5 Å².